The first-order valence-electron chi connectivity index (χ1n) is 11.1. The number of nitrogens with one attached hydrogen (secondary N) is 1. The molecule has 3 aromatic rings. The molecule has 180 valence electrons. The first kappa shape index (κ1) is 26.3. The Labute approximate surface area is 215 Å². The van der Waals surface area contributed by atoms with Gasteiger partial charge in [-0.25, -0.2) is 4.79 Å². The minimum Gasteiger partial charge on any atom is -0.446 e. The summed E-state index contributed by atoms with van der Waals surface area (Å²) < 4.78 is 5.53. The van der Waals surface area contributed by atoms with Gasteiger partial charge in [-0.05, 0) is 74.7 Å². The average Bonchev–Trinajstić information content (AvgIpc) is 2.83. The summed E-state index contributed by atoms with van der Waals surface area (Å²) >= 11 is 12.1. The summed E-state index contributed by atoms with van der Waals surface area (Å²) in [5.74, 6) is -1.27. The lowest BCUT2D eigenvalue weighted by molar-refractivity contribution is -0.138. The number of halogens is 2. The van der Waals surface area contributed by atoms with E-state index >= 15 is 0 Å². The van der Waals surface area contributed by atoms with Crippen molar-refractivity contribution in [2.24, 2.45) is 0 Å². The summed E-state index contributed by atoms with van der Waals surface area (Å²) in [7, 11) is 0. The molecular formula is C28H26Cl2N2O3. The summed E-state index contributed by atoms with van der Waals surface area (Å²) in [5.41, 5.74) is 1.24. The molecule has 3 aromatic carbocycles. The SMILES string of the molecule is CC(NC(=O)C(C)(C)OC(=O)c1ccccc1Cl)C(Cc1ccc(Cl)cc1)c1cccc(C#N)c1. The van der Waals surface area contributed by atoms with Crippen LogP contribution in [0, 0.1) is 11.3 Å². The fourth-order valence-electron chi connectivity index (χ4n) is 3.74. The monoisotopic (exact) mass is 508 g/mol. The lowest BCUT2D eigenvalue weighted by atomic mass is 9.85. The van der Waals surface area contributed by atoms with Crippen molar-refractivity contribution in [3.8, 4) is 6.07 Å². The second kappa shape index (κ2) is 11.4. The molecule has 0 bridgehead atoms. The molecule has 2 unspecified atom stereocenters. The van der Waals surface area contributed by atoms with Gasteiger partial charge in [0.15, 0.2) is 5.60 Å². The van der Waals surface area contributed by atoms with Crippen molar-refractivity contribution in [3.63, 3.8) is 0 Å². The Bertz CT molecular complexity index is 1250. The van der Waals surface area contributed by atoms with E-state index < -0.39 is 17.5 Å². The fourth-order valence-corrected chi connectivity index (χ4v) is 4.08. The molecule has 1 amide bonds. The number of carbonyl (C=O) groups excluding carboxylic acids is 2. The van der Waals surface area contributed by atoms with Crippen LogP contribution in [0.1, 0.15) is 53.7 Å². The number of nitriles is 1. The number of amides is 1. The van der Waals surface area contributed by atoms with Gasteiger partial charge in [0.05, 0.1) is 22.2 Å². The van der Waals surface area contributed by atoms with Gasteiger partial charge in [-0.15, -0.1) is 0 Å². The summed E-state index contributed by atoms with van der Waals surface area (Å²) in [6.07, 6.45) is 0.605. The first-order valence-corrected chi connectivity index (χ1v) is 11.9. The molecule has 0 aromatic heterocycles. The van der Waals surface area contributed by atoms with Gasteiger partial charge in [0.1, 0.15) is 0 Å². The molecule has 0 spiro atoms. The van der Waals surface area contributed by atoms with Crippen molar-refractivity contribution in [2.75, 3.05) is 0 Å². The van der Waals surface area contributed by atoms with Crippen LogP contribution in [-0.4, -0.2) is 23.5 Å². The van der Waals surface area contributed by atoms with Crippen molar-refractivity contribution in [2.45, 2.75) is 44.8 Å². The number of ether oxygens (including phenoxy) is 1. The third-order valence-corrected chi connectivity index (χ3v) is 6.35. The molecule has 35 heavy (non-hydrogen) atoms. The van der Waals surface area contributed by atoms with E-state index in [1.165, 1.54) is 13.8 Å². The molecule has 2 atom stereocenters. The number of nitrogens with zero attached hydrogens (tertiary/aromatic N) is 1. The van der Waals surface area contributed by atoms with E-state index in [-0.39, 0.29) is 22.5 Å². The number of rotatable bonds is 8. The van der Waals surface area contributed by atoms with E-state index in [9.17, 15) is 14.9 Å². The molecule has 0 aliphatic carbocycles. The third kappa shape index (κ3) is 6.85. The topological polar surface area (TPSA) is 79.2 Å². The standard InChI is InChI=1S/C28H26Cl2N2O3/c1-18(32-27(34)28(2,3)35-26(33)23-9-4-5-10-25(23)30)24(16-19-11-13-22(29)14-12-19)21-8-6-7-20(15-21)17-31/h4-15,18,24H,16H2,1-3H3,(H,32,34). The summed E-state index contributed by atoms with van der Waals surface area (Å²) in [5, 5.41) is 13.3. The Morgan fingerprint density at radius 1 is 1.03 bits per heavy atom. The van der Waals surface area contributed by atoms with Crippen LogP contribution >= 0.6 is 23.2 Å². The predicted molar refractivity (Wildman–Crippen MR) is 138 cm³/mol. The lowest BCUT2D eigenvalue weighted by Crippen LogP contribution is -2.50. The van der Waals surface area contributed by atoms with Crippen LogP contribution in [-0.2, 0) is 16.0 Å². The zero-order valence-corrected chi connectivity index (χ0v) is 21.2. The second-order valence-corrected chi connectivity index (χ2v) is 9.66. The quantitative estimate of drug-likeness (QED) is 0.360. The summed E-state index contributed by atoms with van der Waals surface area (Å²) in [4.78, 5) is 25.8. The van der Waals surface area contributed by atoms with Gasteiger partial charge in [0.2, 0.25) is 0 Å². The Hall–Kier alpha value is -3.33. The largest absolute Gasteiger partial charge is 0.446 e. The van der Waals surface area contributed by atoms with Crippen molar-refractivity contribution in [1.29, 1.82) is 5.26 Å². The number of esters is 1. The van der Waals surface area contributed by atoms with E-state index in [1.54, 1.807) is 30.3 Å². The van der Waals surface area contributed by atoms with Gasteiger partial charge in [-0.2, -0.15) is 5.26 Å². The first-order chi connectivity index (χ1) is 16.6. The fraction of sp³-hybridized carbons (Fsp3) is 0.250. The van der Waals surface area contributed by atoms with E-state index in [2.05, 4.69) is 11.4 Å². The van der Waals surface area contributed by atoms with Gasteiger partial charge in [-0.1, -0.05) is 59.6 Å². The zero-order chi connectivity index (χ0) is 25.6. The minimum atomic E-state index is -1.44. The van der Waals surface area contributed by atoms with E-state index in [1.807, 2.05) is 49.4 Å². The molecule has 0 aliphatic heterocycles. The maximum Gasteiger partial charge on any atom is 0.340 e. The Kier molecular flexibility index (Phi) is 8.56. The Balaban J connectivity index is 1.81. The Morgan fingerprint density at radius 3 is 2.37 bits per heavy atom. The van der Waals surface area contributed by atoms with Gasteiger partial charge >= 0.3 is 5.97 Å². The van der Waals surface area contributed by atoms with Gasteiger partial charge in [-0.3, -0.25) is 4.79 Å². The summed E-state index contributed by atoms with van der Waals surface area (Å²) in [6.45, 7) is 4.96. The van der Waals surface area contributed by atoms with Crippen molar-refractivity contribution < 1.29 is 14.3 Å². The number of hydrogen-bond donors (Lipinski definition) is 1. The molecular weight excluding hydrogens is 483 g/mol. The van der Waals surface area contributed by atoms with E-state index in [0.29, 0.717) is 17.0 Å². The van der Waals surface area contributed by atoms with E-state index in [4.69, 9.17) is 27.9 Å². The second-order valence-electron chi connectivity index (χ2n) is 8.82. The van der Waals surface area contributed by atoms with Gasteiger partial charge < -0.3 is 10.1 Å². The highest BCUT2D eigenvalue weighted by molar-refractivity contribution is 6.33. The molecule has 7 heteroatoms. The maximum absolute atomic E-state index is 13.2. The molecule has 0 heterocycles. The lowest BCUT2D eigenvalue weighted by Gasteiger charge is -2.30. The van der Waals surface area contributed by atoms with Crippen molar-refractivity contribution >= 4 is 35.1 Å². The third-order valence-electron chi connectivity index (χ3n) is 5.76. The van der Waals surface area contributed by atoms with Crippen LogP contribution in [0.15, 0.2) is 72.8 Å². The molecule has 3 rings (SSSR count). The molecule has 1 N–H and O–H groups in total. The van der Waals surface area contributed by atoms with Crippen molar-refractivity contribution in [3.05, 3.63) is 105 Å². The average molecular weight is 509 g/mol. The van der Waals surface area contributed by atoms with Crippen LogP contribution in [0.2, 0.25) is 10.0 Å². The highest BCUT2D eigenvalue weighted by Crippen LogP contribution is 2.27. The van der Waals surface area contributed by atoms with Crippen LogP contribution < -0.4 is 5.32 Å². The molecule has 0 fully saturated rings. The molecule has 5 nitrogen and oxygen atoms in total. The zero-order valence-electron chi connectivity index (χ0n) is 19.7. The van der Waals surface area contributed by atoms with Crippen LogP contribution in [0.25, 0.3) is 0 Å². The van der Waals surface area contributed by atoms with E-state index in [0.717, 1.165) is 11.1 Å². The van der Waals surface area contributed by atoms with Crippen LogP contribution in [0.3, 0.4) is 0 Å². The highest BCUT2D eigenvalue weighted by Gasteiger charge is 2.35. The summed E-state index contributed by atoms with van der Waals surface area (Å²) in [6, 6.07) is 23.2. The smallest absolute Gasteiger partial charge is 0.340 e. The maximum atomic E-state index is 13.2. The normalized spacial score (nSPS) is 12.8. The van der Waals surface area contributed by atoms with Crippen LogP contribution in [0.5, 0.6) is 0 Å². The number of benzene rings is 3. The number of carbonyl (C=O) groups is 2. The molecule has 0 radical (unpaired) electrons. The minimum absolute atomic E-state index is 0.150. The highest BCUT2D eigenvalue weighted by atomic mass is 35.5. The molecule has 0 aliphatic rings. The van der Waals surface area contributed by atoms with Gasteiger partial charge in [0.25, 0.3) is 5.91 Å². The Morgan fingerprint density at radius 2 is 1.71 bits per heavy atom. The van der Waals surface area contributed by atoms with Crippen molar-refractivity contribution in [1.82, 2.24) is 5.32 Å². The number of hydrogen-bond acceptors (Lipinski definition) is 4. The predicted octanol–water partition coefficient (Wildman–Crippen LogP) is 6.33. The van der Waals surface area contributed by atoms with Crippen LogP contribution in [0.4, 0.5) is 0 Å². The molecule has 0 saturated heterocycles. The molecule has 0 saturated carbocycles. The van der Waals surface area contributed by atoms with Gasteiger partial charge in [0, 0.05) is 17.0 Å².